The third kappa shape index (κ3) is 5.50. The maximum atomic E-state index is 12.4. The third-order valence-electron chi connectivity index (χ3n) is 4.32. The number of rotatable bonds is 9. The minimum absolute atomic E-state index is 0.198. The van der Waals surface area contributed by atoms with Crippen LogP contribution in [0.2, 0.25) is 0 Å². The number of hydrogen-bond donors (Lipinski definition) is 1. The van der Waals surface area contributed by atoms with Crippen LogP contribution in [0.25, 0.3) is 10.9 Å². The molecule has 0 saturated carbocycles. The first-order chi connectivity index (χ1) is 14.4. The molecule has 6 nitrogen and oxygen atoms in total. The minimum Gasteiger partial charge on any atom is -0.491 e. The molecule has 1 amide bonds. The molecular formula is C21H20F2N2O4S. The molecule has 0 saturated heterocycles. The van der Waals surface area contributed by atoms with Crippen LogP contribution in [0.15, 0.2) is 60.8 Å². The zero-order chi connectivity index (χ0) is 21.6. The lowest BCUT2D eigenvalue weighted by molar-refractivity contribution is 0.0951. The number of para-hydroxylation sites is 1. The number of amides is 1. The van der Waals surface area contributed by atoms with Crippen molar-refractivity contribution in [2.45, 2.75) is 17.9 Å². The summed E-state index contributed by atoms with van der Waals surface area (Å²) in [5.74, 6) is -3.86. The third-order valence-corrected chi connectivity index (χ3v) is 5.59. The molecule has 30 heavy (non-hydrogen) atoms. The van der Waals surface area contributed by atoms with E-state index in [1.165, 1.54) is 24.3 Å². The van der Waals surface area contributed by atoms with Crippen molar-refractivity contribution in [3.63, 3.8) is 0 Å². The number of nitrogens with zero attached hydrogens (tertiary/aromatic N) is 1. The molecule has 0 unspecified atom stereocenters. The van der Waals surface area contributed by atoms with Gasteiger partial charge in [0.2, 0.25) is 9.84 Å². The number of aromatic nitrogens is 1. The first-order valence-corrected chi connectivity index (χ1v) is 10.9. The molecule has 3 rings (SSSR count). The van der Waals surface area contributed by atoms with E-state index in [1.807, 2.05) is 30.3 Å². The van der Waals surface area contributed by atoms with E-state index in [0.717, 1.165) is 10.9 Å². The van der Waals surface area contributed by atoms with Gasteiger partial charge in [0.05, 0.1) is 12.4 Å². The summed E-state index contributed by atoms with van der Waals surface area (Å²) < 4.78 is 53.1. The van der Waals surface area contributed by atoms with Crippen molar-refractivity contribution in [2.75, 3.05) is 13.2 Å². The average Bonchev–Trinajstić information content (AvgIpc) is 2.73. The van der Waals surface area contributed by atoms with E-state index >= 15 is 0 Å². The van der Waals surface area contributed by atoms with Gasteiger partial charge < -0.3 is 10.1 Å². The molecule has 0 aliphatic carbocycles. The van der Waals surface area contributed by atoms with Gasteiger partial charge in [-0.05, 0) is 36.2 Å². The Hall–Kier alpha value is -3.07. The molecule has 2 aromatic carbocycles. The number of sulfone groups is 1. The molecule has 0 aliphatic heterocycles. The van der Waals surface area contributed by atoms with E-state index in [0.29, 0.717) is 30.9 Å². The van der Waals surface area contributed by atoms with Gasteiger partial charge in [-0.25, -0.2) is 8.42 Å². The maximum absolute atomic E-state index is 12.4. The summed E-state index contributed by atoms with van der Waals surface area (Å²) in [6.45, 7) is 0.763. The van der Waals surface area contributed by atoms with Gasteiger partial charge in [-0.3, -0.25) is 9.78 Å². The van der Waals surface area contributed by atoms with Crippen LogP contribution in [0.4, 0.5) is 8.78 Å². The van der Waals surface area contributed by atoms with Gasteiger partial charge in [0.25, 0.3) is 5.91 Å². The van der Waals surface area contributed by atoms with E-state index < -0.39 is 21.3 Å². The minimum atomic E-state index is -4.49. The van der Waals surface area contributed by atoms with Gasteiger partial charge >= 0.3 is 5.76 Å². The van der Waals surface area contributed by atoms with E-state index in [9.17, 15) is 22.0 Å². The van der Waals surface area contributed by atoms with E-state index in [4.69, 9.17) is 4.74 Å². The molecule has 0 radical (unpaired) electrons. The molecule has 0 aliphatic rings. The molecule has 0 bridgehead atoms. The molecule has 1 aromatic heterocycles. The fourth-order valence-corrected chi connectivity index (χ4v) is 3.58. The molecule has 158 valence electrons. The predicted octanol–water partition coefficient (Wildman–Crippen LogP) is 3.57. The van der Waals surface area contributed by atoms with Crippen LogP contribution < -0.4 is 10.1 Å². The standard InChI is InChI=1S/C21H20F2N2O4S/c22-21(23)30(27,28)14-15-7-9-17(10-8-15)20(26)25-12-3-13-29-18-6-1-4-16-5-2-11-24-19(16)18/h1-2,4-11,21H,3,12-14H2,(H,25,26). The first-order valence-electron chi connectivity index (χ1n) is 9.20. The molecule has 1 heterocycles. The second kappa shape index (κ2) is 9.62. The second-order valence-corrected chi connectivity index (χ2v) is 8.52. The number of carbonyl (C=O) groups is 1. The van der Waals surface area contributed by atoms with Crippen molar-refractivity contribution in [3.05, 3.63) is 71.9 Å². The quantitative estimate of drug-likeness (QED) is 0.521. The normalized spacial score (nSPS) is 11.6. The van der Waals surface area contributed by atoms with Crippen LogP contribution in [-0.4, -0.2) is 38.2 Å². The highest BCUT2D eigenvalue weighted by atomic mass is 32.2. The number of carbonyl (C=O) groups excluding carboxylic acids is 1. The SMILES string of the molecule is O=C(NCCCOc1cccc2cccnc12)c1ccc(CS(=O)(=O)C(F)F)cc1. The summed E-state index contributed by atoms with van der Waals surface area (Å²) in [5.41, 5.74) is 1.29. The van der Waals surface area contributed by atoms with Gasteiger partial charge in [-0.15, -0.1) is 0 Å². The van der Waals surface area contributed by atoms with Crippen LogP contribution in [0, 0.1) is 0 Å². The molecule has 3 aromatic rings. The van der Waals surface area contributed by atoms with Crippen molar-refractivity contribution in [1.82, 2.24) is 10.3 Å². The Morgan fingerprint density at radius 1 is 1.07 bits per heavy atom. The fraction of sp³-hybridized carbons (Fsp3) is 0.238. The van der Waals surface area contributed by atoms with Crippen LogP contribution in [0.3, 0.4) is 0 Å². The number of nitrogens with one attached hydrogen (secondary N) is 1. The van der Waals surface area contributed by atoms with Crippen LogP contribution >= 0.6 is 0 Å². The molecule has 0 fully saturated rings. The zero-order valence-electron chi connectivity index (χ0n) is 15.9. The molecule has 9 heteroatoms. The van der Waals surface area contributed by atoms with Gasteiger partial charge in [0.1, 0.15) is 11.3 Å². The summed E-state index contributed by atoms with van der Waals surface area (Å²) in [5, 5.41) is 3.72. The highest BCUT2D eigenvalue weighted by Crippen LogP contribution is 2.22. The summed E-state index contributed by atoms with van der Waals surface area (Å²) in [6.07, 6.45) is 2.27. The Morgan fingerprint density at radius 2 is 1.80 bits per heavy atom. The second-order valence-electron chi connectivity index (χ2n) is 6.55. The number of fused-ring (bicyclic) bond motifs is 1. The molecule has 0 atom stereocenters. The Labute approximate surface area is 172 Å². The van der Waals surface area contributed by atoms with E-state index in [1.54, 1.807) is 6.20 Å². The summed E-state index contributed by atoms with van der Waals surface area (Å²) >= 11 is 0. The van der Waals surface area contributed by atoms with E-state index in [-0.39, 0.29) is 11.5 Å². The smallest absolute Gasteiger partial charge is 0.337 e. The highest BCUT2D eigenvalue weighted by molar-refractivity contribution is 7.90. The number of ether oxygens (including phenoxy) is 1. The summed E-state index contributed by atoms with van der Waals surface area (Å²) in [4.78, 5) is 16.5. The molecular weight excluding hydrogens is 414 g/mol. The van der Waals surface area contributed by atoms with Crippen molar-refractivity contribution in [2.24, 2.45) is 0 Å². The number of benzene rings is 2. The Morgan fingerprint density at radius 3 is 2.53 bits per heavy atom. The van der Waals surface area contributed by atoms with Crippen molar-refractivity contribution < 1.29 is 26.7 Å². The lowest BCUT2D eigenvalue weighted by Crippen LogP contribution is -2.25. The highest BCUT2D eigenvalue weighted by Gasteiger charge is 2.24. The Balaban J connectivity index is 1.45. The first kappa shape index (κ1) is 21.6. The average molecular weight is 434 g/mol. The topological polar surface area (TPSA) is 85.4 Å². The van der Waals surface area contributed by atoms with Gasteiger partial charge in [-0.2, -0.15) is 8.78 Å². The Bertz CT molecular complexity index is 1110. The summed E-state index contributed by atoms with van der Waals surface area (Å²) in [6, 6.07) is 15.0. The number of pyridine rings is 1. The lowest BCUT2D eigenvalue weighted by atomic mass is 10.1. The molecule has 1 N–H and O–H groups in total. The van der Waals surface area contributed by atoms with Crippen LogP contribution in [0.5, 0.6) is 5.75 Å². The van der Waals surface area contributed by atoms with Crippen molar-refractivity contribution in [1.29, 1.82) is 0 Å². The zero-order valence-corrected chi connectivity index (χ0v) is 16.7. The monoisotopic (exact) mass is 434 g/mol. The van der Waals surface area contributed by atoms with Crippen molar-refractivity contribution in [3.8, 4) is 5.75 Å². The lowest BCUT2D eigenvalue weighted by Gasteiger charge is -2.09. The van der Waals surface area contributed by atoms with Crippen LogP contribution in [-0.2, 0) is 15.6 Å². The predicted molar refractivity (Wildman–Crippen MR) is 109 cm³/mol. The van der Waals surface area contributed by atoms with Crippen LogP contribution in [0.1, 0.15) is 22.3 Å². The molecule has 0 spiro atoms. The maximum Gasteiger partial charge on any atom is 0.337 e. The van der Waals surface area contributed by atoms with Gasteiger partial charge in [-0.1, -0.05) is 30.3 Å². The Kier molecular flexibility index (Phi) is 6.94. The van der Waals surface area contributed by atoms with E-state index in [2.05, 4.69) is 10.3 Å². The van der Waals surface area contributed by atoms with Gasteiger partial charge in [0.15, 0.2) is 0 Å². The van der Waals surface area contributed by atoms with Gasteiger partial charge in [0, 0.05) is 23.7 Å². The van der Waals surface area contributed by atoms with Crippen molar-refractivity contribution >= 4 is 26.6 Å². The summed E-state index contributed by atoms with van der Waals surface area (Å²) in [7, 11) is -4.49. The largest absolute Gasteiger partial charge is 0.491 e. The number of halogens is 2. The fourth-order valence-electron chi connectivity index (χ4n) is 2.80. The number of alkyl halides is 2. The number of hydrogen-bond acceptors (Lipinski definition) is 5.